The third kappa shape index (κ3) is 3.52. The molecule has 0 radical (unpaired) electrons. The van der Waals surface area contributed by atoms with E-state index >= 15 is 0 Å². The number of aromatic nitrogens is 1. The Morgan fingerprint density at radius 2 is 2.04 bits per heavy atom. The van der Waals surface area contributed by atoms with E-state index in [1.807, 2.05) is 31.2 Å². The maximum absolute atomic E-state index is 12.7. The van der Waals surface area contributed by atoms with Crippen LogP contribution in [0.5, 0.6) is 5.75 Å². The number of halogens is 1. The van der Waals surface area contributed by atoms with Crippen molar-refractivity contribution in [2.24, 2.45) is 0 Å². The maximum Gasteiger partial charge on any atom is 0.340 e. The summed E-state index contributed by atoms with van der Waals surface area (Å²) in [5.74, 6) is -0.247. The summed E-state index contributed by atoms with van der Waals surface area (Å²) in [5, 5.41) is 11.3. The fourth-order valence-corrected chi connectivity index (χ4v) is 3.89. The van der Waals surface area contributed by atoms with E-state index in [0.717, 1.165) is 22.2 Å². The fourth-order valence-electron chi connectivity index (χ4n) is 3.43. The number of phenols is 1. The van der Waals surface area contributed by atoms with Crippen LogP contribution in [0.4, 0.5) is 0 Å². The van der Waals surface area contributed by atoms with Gasteiger partial charge in [-0.25, -0.2) is 4.79 Å². The normalized spacial score (nSPS) is 10.9. The Hall–Kier alpha value is -2.53. The molecule has 5 heteroatoms. The standard InChI is InChI=1S/C22H22BrNO3/c1-4-9-16-20-18(12-17(23)21(16)25)24(13-15-10-7-6-8-11-15)14(3)19(20)22(26)27-5-2/h4,6-8,10-12,25H,1,5,9,13H2,2-3H3. The summed E-state index contributed by atoms with van der Waals surface area (Å²) in [6.45, 7) is 8.41. The van der Waals surface area contributed by atoms with Gasteiger partial charge < -0.3 is 14.4 Å². The first kappa shape index (κ1) is 19.2. The summed E-state index contributed by atoms with van der Waals surface area (Å²) in [4.78, 5) is 12.7. The van der Waals surface area contributed by atoms with Crippen molar-refractivity contribution in [2.75, 3.05) is 6.61 Å². The second kappa shape index (κ2) is 8.01. The van der Waals surface area contributed by atoms with Crippen LogP contribution in [0.25, 0.3) is 10.9 Å². The highest BCUT2D eigenvalue weighted by Crippen LogP contribution is 2.40. The number of benzene rings is 2. The molecule has 0 aliphatic carbocycles. The highest BCUT2D eigenvalue weighted by atomic mass is 79.9. The van der Waals surface area contributed by atoms with E-state index in [1.54, 1.807) is 13.0 Å². The second-order valence-corrected chi connectivity index (χ2v) is 7.18. The third-order valence-corrected chi connectivity index (χ3v) is 5.26. The van der Waals surface area contributed by atoms with E-state index in [-0.39, 0.29) is 11.7 Å². The molecular weight excluding hydrogens is 406 g/mol. The van der Waals surface area contributed by atoms with Crippen LogP contribution in [-0.4, -0.2) is 22.2 Å². The van der Waals surface area contributed by atoms with Gasteiger partial charge in [-0.3, -0.25) is 0 Å². The number of fused-ring (bicyclic) bond motifs is 1. The molecule has 0 unspecified atom stereocenters. The van der Waals surface area contributed by atoms with Crippen LogP contribution in [0.2, 0.25) is 0 Å². The molecule has 0 aliphatic heterocycles. The first-order valence-electron chi connectivity index (χ1n) is 8.84. The van der Waals surface area contributed by atoms with Crippen LogP contribution in [0.3, 0.4) is 0 Å². The molecule has 27 heavy (non-hydrogen) atoms. The second-order valence-electron chi connectivity index (χ2n) is 6.33. The lowest BCUT2D eigenvalue weighted by Crippen LogP contribution is -2.08. The Labute approximate surface area is 167 Å². The average molecular weight is 428 g/mol. The summed E-state index contributed by atoms with van der Waals surface area (Å²) >= 11 is 3.44. The molecule has 1 aromatic heterocycles. The van der Waals surface area contributed by atoms with Crippen LogP contribution >= 0.6 is 15.9 Å². The SMILES string of the molecule is C=CCc1c(O)c(Br)cc2c1c(C(=O)OCC)c(C)n2Cc1ccccc1. The van der Waals surface area contributed by atoms with Gasteiger partial charge in [0.1, 0.15) is 5.75 Å². The smallest absolute Gasteiger partial charge is 0.340 e. The number of hydrogen-bond acceptors (Lipinski definition) is 3. The zero-order chi connectivity index (χ0) is 19.6. The van der Waals surface area contributed by atoms with Gasteiger partial charge in [-0.1, -0.05) is 36.4 Å². The summed E-state index contributed by atoms with van der Waals surface area (Å²) in [6.07, 6.45) is 2.17. The zero-order valence-corrected chi connectivity index (χ0v) is 17.0. The van der Waals surface area contributed by atoms with Crippen LogP contribution in [0.15, 0.2) is 53.5 Å². The van der Waals surface area contributed by atoms with E-state index in [4.69, 9.17) is 4.74 Å². The molecule has 3 aromatic rings. The molecule has 0 amide bonds. The minimum Gasteiger partial charge on any atom is -0.506 e. The van der Waals surface area contributed by atoms with E-state index < -0.39 is 0 Å². The predicted octanol–water partition coefficient (Wildman–Crippen LogP) is 5.37. The van der Waals surface area contributed by atoms with E-state index in [2.05, 4.69) is 39.2 Å². The number of carbonyl (C=O) groups is 1. The molecule has 0 spiro atoms. The number of allylic oxidation sites excluding steroid dienone is 1. The van der Waals surface area contributed by atoms with Gasteiger partial charge in [-0.05, 0) is 47.8 Å². The molecule has 1 heterocycles. The maximum atomic E-state index is 12.7. The molecule has 0 bridgehead atoms. The Balaban J connectivity index is 2.34. The number of ether oxygens (including phenoxy) is 1. The van der Waals surface area contributed by atoms with Crippen molar-refractivity contribution in [3.05, 3.63) is 75.9 Å². The quantitative estimate of drug-likeness (QED) is 0.424. The molecule has 4 nitrogen and oxygen atoms in total. The lowest BCUT2D eigenvalue weighted by Gasteiger charge is -2.11. The molecule has 0 aliphatic rings. The topological polar surface area (TPSA) is 51.5 Å². The van der Waals surface area contributed by atoms with Gasteiger partial charge in [-0.2, -0.15) is 0 Å². The van der Waals surface area contributed by atoms with E-state index in [1.165, 1.54) is 0 Å². The zero-order valence-electron chi connectivity index (χ0n) is 15.5. The van der Waals surface area contributed by atoms with Crippen LogP contribution in [-0.2, 0) is 17.7 Å². The van der Waals surface area contributed by atoms with Crippen molar-refractivity contribution in [1.82, 2.24) is 4.57 Å². The highest BCUT2D eigenvalue weighted by molar-refractivity contribution is 9.10. The van der Waals surface area contributed by atoms with Crippen molar-refractivity contribution in [2.45, 2.75) is 26.8 Å². The summed E-state index contributed by atoms with van der Waals surface area (Å²) in [5.41, 5.74) is 3.99. The van der Waals surface area contributed by atoms with Crippen molar-refractivity contribution in [1.29, 1.82) is 0 Å². The molecule has 0 atom stereocenters. The van der Waals surface area contributed by atoms with Crippen molar-refractivity contribution < 1.29 is 14.6 Å². The number of nitrogens with zero attached hydrogens (tertiary/aromatic N) is 1. The van der Waals surface area contributed by atoms with Gasteiger partial charge >= 0.3 is 5.97 Å². The van der Waals surface area contributed by atoms with Crippen molar-refractivity contribution >= 4 is 32.8 Å². The molecule has 3 rings (SSSR count). The van der Waals surface area contributed by atoms with E-state index in [9.17, 15) is 9.90 Å². The fraction of sp³-hybridized carbons (Fsp3) is 0.227. The number of hydrogen-bond donors (Lipinski definition) is 1. The van der Waals surface area contributed by atoms with Gasteiger partial charge in [0.15, 0.2) is 0 Å². The third-order valence-electron chi connectivity index (χ3n) is 4.65. The number of esters is 1. The molecular formula is C22H22BrNO3. The molecule has 2 aromatic carbocycles. The molecule has 140 valence electrons. The predicted molar refractivity (Wildman–Crippen MR) is 111 cm³/mol. The minimum absolute atomic E-state index is 0.129. The van der Waals surface area contributed by atoms with Crippen LogP contribution < -0.4 is 0 Å². The highest BCUT2D eigenvalue weighted by Gasteiger charge is 2.25. The Morgan fingerprint density at radius 1 is 1.33 bits per heavy atom. The van der Waals surface area contributed by atoms with E-state index in [0.29, 0.717) is 35.2 Å². The van der Waals surface area contributed by atoms with Crippen LogP contribution in [0.1, 0.15) is 34.1 Å². The van der Waals surface area contributed by atoms with Gasteiger partial charge in [0, 0.05) is 23.2 Å². The monoisotopic (exact) mass is 427 g/mol. The number of aromatic hydroxyl groups is 1. The van der Waals surface area contributed by atoms with Gasteiger partial charge in [-0.15, -0.1) is 6.58 Å². The Bertz CT molecular complexity index is 1010. The number of carbonyl (C=O) groups excluding carboxylic acids is 1. The minimum atomic E-state index is -0.376. The lowest BCUT2D eigenvalue weighted by molar-refractivity contribution is 0.0527. The number of rotatable bonds is 6. The molecule has 0 saturated heterocycles. The molecule has 1 N–H and O–H groups in total. The average Bonchev–Trinajstić information content (AvgIpc) is 2.92. The van der Waals surface area contributed by atoms with Gasteiger partial charge in [0.2, 0.25) is 0 Å². The Morgan fingerprint density at radius 3 is 2.67 bits per heavy atom. The van der Waals surface area contributed by atoms with Gasteiger partial charge in [0.05, 0.1) is 22.2 Å². The number of phenolic OH excluding ortho intramolecular Hbond substituents is 1. The van der Waals surface area contributed by atoms with Crippen LogP contribution in [0, 0.1) is 6.92 Å². The molecule has 0 fully saturated rings. The van der Waals surface area contributed by atoms with Crippen molar-refractivity contribution in [3.8, 4) is 5.75 Å². The first-order chi connectivity index (χ1) is 13.0. The van der Waals surface area contributed by atoms with Crippen molar-refractivity contribution in [3.63, 3.8) is 0 Å². The summed E-state index contributed by atoms with van der Waals surface area (Å²) < 4.78 is 7.99. The molecule has 0 saturated carbocycles. The lowest BCUT2D eigenvalue weighted by atomic mass is 10.0. The van der Waals surface area contributed by atoms with Gasteiger partial charge in [0.25, 0.3) is 0 Å². The largest absolute Gasteiger partial charge is 0.506 e. The summed E-state index contributed by atoms with van der Waals surface area (Å²) in [7, 11) is 0. The summed E-state index contributed by atoms with van der Waals surface area (Å²) in [6, 6.07) is 11.9. The first-order valence-corrected chi connectivity index (χ1v) is 9.63. The Kier molecular flexibility index (Phi) is 5.71.